The third-order valence-electron chi connectivity index (χ3n) is 6.23. The molecule has 1 heterocycles. The Morgan fingerprint density at radius 2 is 1.61 bits per heavy atom. The van der Waals surface area contributed by atoms with Crippen LogP contribution in [0.2, 0.25) is 5.02 Å². The third kappa shape index (κ3) is 3.20. The van der Waals surface area contributed by atoms with Crippen molar-refractivity contribution in [3.63, 3.8) is 0 Å². The van der Waals surface area contributed by atoms with Crippen LogP contribution >= 0.6 is 34.8 Å². The first kappa shape index (κ1) is 26.2. The molecule has 0 saturated carbocycles. The lowest BCUT2D eigenvalue weighted by molar-refractivity contribution is -0.122. The Kier molecular flexibility index (Phi) is 6.30. The van der Waals surface area contributed by atoms with Crippen LogP contribution in [0.1, 0.15) is 17.9 Å². The number of carbonyl (C=O) groups excluding carboxylic acids is 2. The van der Waals surface area contributed by atoms with E-state index in [0.717, 1.165) is 0 Å². The molecule has 4 rings (SSSR count). The molecule has 1 aliphatic carbocycles. The summed E-state index contributed by atoms with van der Waals surface area (Å²) in [6.45, 7) is 3.64. The number of carbonyl (C=O) groups is 2. The monoisotopic (exact) mass is 567 g/mol. The highest BCUT2D eigenvalue weighted by molar-refractivity contribution is 6.58. The number of halogens is 8. The first-order valence-corrected chi connectivity index (χ1v) is 11.1. The predicted molar refractivity (Wildman–Crippen MR) is 121 cm³/mol. The van der Waals surface area contributed by atoms with E-state index in [1.165, 1.54) is 31.4 Å². The van der Waals surface area contributed by atoms with Crippen molar-refractivity contribution in [2.24, 2.45) is 0 Å². The molecule has 2 aromatic rings. The maximum Gasteiger partial charge on any atom is 0.258 e. The maximum atomic E-state index is 14.6. The zero-order valence-electron chi connectivity index (χ0n) is 17.9. The summed E-state index contributed by atoms with van der Waals surface area (Å²) < 4.78 is 75.9. The van der Waals surface area contributed by atoms with Gasteiger partial charge in [0.25, 0.3) is 11.8 Å². The van der Waals surface area contributed by atoms with E-state index in [4.69, 9.17) is 39.5 Å². The van der Waals surface area contributed by atoms with Gasteiger partial charge in [-0.1, -0.05) is 30.3 Å². The summed E-state index contributed by atoms with van der Waals surface area (Å²) in [6, 6.07) is 2.42. The summed E-state index contributed by atoms with van der Waals surface area (Å²) in [5, 5.41) is 9.86. The summed E-state index contributed by atoms with van der Waals surface area (Å²) in [4.78, 5) is 21.8. The molecule has 0 bridgehead atoms. The van der Waals surface area contributed by atoms with E-state index in [9.17, 15) is 36.6 Å². The number of ether oxygens (including phenoxy) is 1. The molecule has 2 aliphatic rings. The summed E-state index contributed by atoms with van der Waals surface area (Å²) >= 11 is 19.5. The lowest BCUT2D eigenvalue weighted by atomic mass is 9.68. The molecule has 3 atom stereocenters. The molecule has 1 saturated heterocycles. The Balaban J connectivity index is 2.01. The number of nitrogens with zero attached hydrogens (tertiary/aromatic N) is 1. The van der Waals surface area contributed by atoms with Crippen molar-refractivity contribution < 1.29 is 41.4 Å². The van der Waals surface area contributed by atoms with Gasteiger partial charge in [0.2, 0.25) is 5.82 Å². The second-order valence-electron chi connectivity index (χ2n) is 7.98. The van der Waals surface area contributed by atoms with Gasteiger partial charge in [-0.3, -0.25) is 9.59 Å². The van der Waals surface area contributed by atoms with E-state index in [-0.39, 0.29) is 26.8 Å². The van der Waals surface area contributed by atoms with Crippen LogP contribution in [0.4, 0.5) is 27.6 Å². The number of allylic oxidation sites excluding steroid dienone is 3. The molecular weight excluding hydrogens is 556 g/mol. The highest BCUT2D eigenvalue weighted by Gasteiger charge is 2.73. The smallest absolute Gasteiger partial charge is 0.258 e. The van der Waals surface area contributed by atoms with Crippen LogP contribution in [0.3, 0.4) is 0 Å². The minimum Gasteiger partial charge on any atom is -0.503 e. The van der Waals surface area contributed by atoms with Gasteiger partial charge in [-0.25, -0.2) is 26.9 Å². The van der Waals surface area contributed by atoms with Crippen LogP contribution in [0.15, 0.2) is 36.4 Å². The Hall–Kier alpha value is -2.82. The lowest BCUT2D eigenvalue weighted by Gasteiger charge is -2.42. The minimum absolute atomic E-state index is 0.0703. The Bertz CT molecular complexity index is 1370. The number of aromatic hydroxyl groups is 1. The first-order chi connectivity index (χ1) is 16.8. The third-order valence-corrected chi connectivity index (χ3v) is 7.93. The zero-order valence-corrected chi connectivity index (χ0v) is 20.2. The van der Waals surface area contributed by atoms with Crippen LogP contribution in [0.5, 0.6) is 11.5 Å². The van der Waals surface area contributed by atoms with Gasteiger partial charge >= 0.3 is 0 Å². The molecule has 2 amide bonds. The molecule has 1 aliphatic heterocycles. The van der Waals surface area contributed by atoms with Gasteiger partial charge in [-0.2, -0.15) is 0 Å². The molecule has 0 radical (unpaired) electrons. The number of methoxy groups -OCH3 is 1. The fourth-order valence-corrected chi connectivity index (χ4v) is 5.55. The van der Waals surface area contributed by atoms with Crippen molar-refractivity contribution in [2.45, 2.75) is 22.1 Å². The molecule has 0 spiro atoms. The van der Waals surface area contributed by atoms with Crippen molar-refractivity contribution in [3.05, 3.63) is 76.1 Å². The van der Waals surface area contributed by atoms with Crippen molar-refractivity contribution in [1.82, 2.24) is 0 Å². The number of phenols is 1. The topological polar surface area (TPSA) is 66.8 Å². The largest absolute Gasteiger partial charge is 0.503 e. The molecule has 3 unspecified atom stereocenters. The molecule has 1 fully saturated rings. The number of hydrogen-bond acceptors (Lipinski definition) is 4. The number of alkyl halides is 2. The average molecular weight is 569 g/mol. The van der Waals surface area contributed by atoms with Crippen LogP contribution in [-0.2, 0) is 9.59 Å². The Labute approximate surface area is 215 Å². The van der Waals surface area contributed by atoms with Crippen LogP contribution in [0, 0.1) is 29.1 Å². The maximum absolute atomic E-state index is 14.6. The summed E-state index contributed by atoms with van der Waals surface area (Å²) in [5.41, 5.74) is -1.51. The molecule has 13 heteroatoms. The van der Waals surface area contributed by atoms with Gasteiger partial charge < -0.3 is 9.84 Å². The van der Waals surface area contributed by atoms with Gasteiger partial charge in [0.15, 0.2) is 44.5 Å². The van der Waals surface area contributed by atoms with E-state index in [1.807, 2.05) is 0 Å². The molecule has 1 N–H and O–H groups in total. The predicted octanol–water partition coefficient (Wildman–Crippen LogP) is 5.88. The standard InChI is InChI=1S/C23H13Cl3F5NO4/c1-3-8-4-5-22(25)20(34)32(18-16(30)14(28)13(27)15(29)17(18)31)21(35)23(22,26)12(8)9-6-10(24)19(33)11(7-9)36-2/h3-4,6-7,12,33H,1,5H2,2H3. The van der Waals surface area contributed by atoms with E-state index < -0.39 is 74.4 Å². The molecular formula is C23H13Cl3F5NO4. The number of benzene rings is 2. The number of fused-ring (bicyclic) bond motifs is 1. The van der Waals surface area contributed by atoms with Crippen molar-refractivity contribution in [2.75, 3.05) is 12.0 Å². The van der Waals surface area contributed by atoms with Crippen molar-refractivity contribution in [3.8, 4) is 11.5 Å². The van der Waals surface area contributed by atoms with Crippen molar-refractivity contribution in [1.29, 1.82) is 0 Å². The van der Waals surface area contributed by atoms with Crippen LogP contribution in [0.25, 0.3) is 0 Å². The lowest BCUT2D eigenvalue weighted by Crippen LogP contribution is -2.54. The SMILES string of the molecule is C=CC1=CCC2(Cl)C(=O)N(c3c(F)c(F)c(F)c(F)c3F)C(=O)C2(Cl)C1c1cc(Cl)c(O)c(OC)c1. The summed E-state index contributed by atoms with van der Waals surface area (Å²) in [6.07, 6.45) is 2.19. The fraction of sp³-hybridized carbons (Fsp3) is 0.217. The van der Waals surface area contributed by atoms with Gasteiger partial charge in [-0.15, -0.1) is 23.2 Å². The first-order valence-electron chi connectivity index (χ1n) is 9.95. The van der Waals surface area contributed by atoms with E-state index in [1.54, 1.807) is 0 Å². The second-order valence-corrected chi connectivity index (χ2v) is 9.62. The highest BCUT2D eigenvalue weighted by atomic mass is 35.5. The van der Waals surface area contributed by atoms with Gasteiger partial charge in [0.05, 0.1) is 12.1 Å². The van der Waals surface area contributed by atoms with Gasteiger partial charge in [0.1, 0.15) is 5.69 Å². The summed E-state index contributed by atoms with van der Waals surface area (Å²) in [5.74, 6) is -17.1. The highest BCUT2D eigenvalue weighted by Crippen LogP contribution is 2.60. The second kappa shape index (κ2) is 8.64. The Morgan fingerprint density at radius 1 is 1.06 bits per heavy atom. The number of phenolic OH excluding ortho intramolecular Hbond substituents is 1. The number of hydrogen-bond donors (Lipinski definition) is 1. The molecule has 2 aromatic carbocycles. The van der Waals surface area contributed by atoms with Crippen LogP contribution < -0.4 is 9.64 Å². The zero-order chi connectivity index (χ0) is 26.9. The normalized spacial score (nSPS) is 25.6. The van der Waals surface area contributed by atoms with E-state index >= 15 is 0 Å². The fourth-order valence-electron chi connectivity index (χ4n) is 4.48. The molecule has 5 nitrogen and oxygen atoms in total. The van der Waals surface area contributed by atoms with Gasteiger partial charge in [-0.05, 0) is 29.7 Å². The number of imide groups is 1. The van der Waals surface area contributed by atoms with Crippen molar-refractivity contribution >= 4 is 52.3 Å². The van der Waals surface area contributed by atoms with E-state index in [2.05, 4.69) is 6.58 Å². The molecule has 190 valence electrons. The minimum atomic E-state index is -2.56. The summed E-state index contributed by atoms with van der Waals surface area (Å²) in [7, 11) is 1.21. The quantitative estimate of drug-likeness (QED) is 0.165. The average Bonchev–Trinajstić information content (AvgIpc) is 3.00. The number of amides is 2. The number of rotatable bonds is 4. The van der Waals surface area contributed by atoms with Crippen LogP contribution in [-0.4, -0.2) is 33.8 Å². The molecule has 0 aromatic heterocycles. The van der Waals surface area contributed by atoms with E-state index in [0.29, 0.717) is 0 Å². The molecule has 36 heavy (non-hydrogen) atoms. The number of anilines is 1. The Morgan fingerprint density at radius 3 is 2.14 bits per heavy atom. The van der Waals surface area contributed by atoms with Gasteiger partial charge in [0, 0.05) is 5.92 Å².